The molecule has 0 aromatic carbocycles. The van der Waals surface area contributed by atoms with Gasteiger partial charge in [0.15, 0.2) is 5.15 Å². The molecule has 0 spiro atoms. The highest BCUT2D eigenvalue weighted by Gasteiger charge is 2.15. The maximum absolute atomic E-state index is 11.2. The molecule has 0 aliphatic heterocycles. The number of esters is 1. The Morgan fingerprint density at radius 2 is 2.47 bits per heavy atom. The molecule has 1 atom stereocenters. The molecular formula is C10H12ClN3O2S. The van der Waals surface area contributed by atoms with Crippen LogP contribution in [-0.2, 0) is 9.53 Å². The van der Waals surface area contributed by atoms with Crippen molar-refractivity contribution < 1.29 is 9.53 Å². The minimum Gasteiger partial charge on any atom is -0.466 e. The Labute approximate surface area is 109 Å². The van der Waals surface area contributed by atoms with Crippen molar-refractivity contribution in [2.24, 2.45) is 0 Å². The fourth-order valence-corrected chi connectivity index (χ4v) is 2.26. The number of aromatic nitrogens is 1. The number of hydrogen-bond acceptors (Lipinski definition) is 6. The molecule has 1 aromatic heterocycles. The van der Waals surface area contributed by atoms with Crippen LogP contribution in [0.15, 0.2) is 0 Å². The minimum absolute atomic E-state index is 0.141. The van der Waals surface area contributed by atoms with Crippen molar-refractivity contribution in [2.75, 3.05) is 11.9 Å². The summed E-state index contributed by atoms with van der Waals surface area (Å²) in [5, 5.41) is 12.6. The lowest BCUT2D eigenvalue weighted by Gasteiger charge is -2.12. The van der Waals surface area contributed by atoms with Gasteiger partial charge in [0.25, 0.3) is 0 Å². The second-order valence-corrected chi connectivity index (χ2v) is 4.48. The number of carbonyl (C=O) groups excluding carboxylic acids is 1. The zero-order chi connectivity index (χ0) is 12.8. The van der Waals surface area contributed by atoms with Crippen LogP contribution in [-0.4, -0.2) is 23.0 Å². The van der Waals surface area contributed by atoms with E-state index in [2.05, 4.69) is 9.69 Å². The van der Waals surface area contributed by atoms with Gasteiger partial charge in [0.1, 0.15) is 16.6 Å². The molecule has 17 heavy (non-hydrogen) atoms. The molecule has 1 N–H and O–H groups in total. The Balaban J connectivity index is 2.59. The van der Waals surface area contributed by atoms with Gasteiger partial charge in [-0.1, -0.05) is 11.6 Å². The van der Waals surface area contributed by atoms with Crippen molar-refractivity contribution in [1.82, 2.24) is 4.37 Å². The molecule has 0 saturated heterocycles. The topological polar surface area (TPSA) is 75.0 Å². The summed E-state index contributed by atoms with van der Waals surface area (Å²) in [7, 11) is 0. The number of nitrogens with one attached hydrogen (secondary N) is 1. The van der Waals surface area contributed by atoms with Crippen molar-refractivity contribution >= 4 is 34.1 Å². The van der Waals surface area contributed by atoms with E-state index in [4.69, 9.17) is 21.6 Å². The second-order valence-electron chi connectivity index (χ2n) is 3.34. The predicted octanol–water partition coefficient (Wildman–Crippen LogP) is 2.42. The zero-order valence-corrected chi connectivity index (χ0v) is 11.1. The Kier molecular flexibility index (Phi) is 5.19. The smallest absolute Gasteiger partial charge is 0.307 e. The van der Waals surface area contributed by atoms with E-state index >= 15 is 0 Å². The molecule has 1 rings (SSSR count). The molecule has 0 bridgehead atoms. The molecule has 5 nitrogen and oxygen atoms in total. The van der Waals surface area contributed by atoms with E-state index in [1.165, 1.54) is 0 Å². The molecule has 1 unspecified atom stereocenters. The van der Waals surface area contributed by atoms with Gasteiger partial charge in [-0.25, -0.2) is 0 Å². The average molecular weight is 274 g/mol. The van der Waals surface area contributed by atoms with Crippen LogP contribution in [0.5, 0.6) is 0 Å². The van der Waals surface area contributed by atoms with E-state index in [0.29, 0.717) is 17.2 Å². The first kappa shape index (κ1) is 13.7. The van der Waals surface area contributed by atoms with Gasteiger partial charge in [-0.15, -0.1) is 0 Å². The lowest BCUT2D eigenvalue weighted by Crippen LogP contribution is -2.20. The number of rotatable bonds is 5. The highest BCUT2D eigenvalue weighted by Crippen LogP contribution is 2.28. The summed E-state index contributed by atoms with van der Waals surface area (Å²) in [6.45, 7) is 3.94. The van der Waals surface area contributed by atoms with Gasteiger partial charge < -0.3 is 10.1 Å². The van der Waals surface area contributed by atoms with E-state index in [0.717, 1.165) is 11.5 Å². The third kappa shape index (κ3) is 3.88. The predicted molar refractivity (Wildman–Crippen MR) is 66.2 cm³/mol. The van der Waals surface area contributed by atoms with Gasteiger partial charge in [-0.2, -0.15) is 9.64 Å². The maximum atomic E-state index is 11.2. The molecule has 0 saturated carbocycles. The van der Waals surface area contributed by atoms with Crippen LogP contribution in [0.4, 0.5) is 5.00 Å². The molecule has 92 valence electrons. The van der Waals surface area contributed by atoms with Gasteiger partial charge in [-0.3, -0.25) is 4.79 Å². The van der Waals surface area contributed by atoms with Crippen LogP contribution >= 0.6 is 23.1 Å². The van der Waals surface area contributed by atoms with E-state index in [9.17, 15) is 4.79 Å². The number of anilines is 1. The number of hydrogen-bond donors (Lipinski definition) is 1. The summed E-state index contributed by atoms with van der Waals surface area (Å²) in [6, 6.07) is 1.82. The standard InChI is InChI=1S/C10H12ClN3O2S/c1-3-16-8(15)4-6(2)13-10-7(5-12)9(11)14-17-10/h6,13H,3-4H2,1-2H3. The summed E-state index contributed by atoms with van der Waals surface area (Å²) in [5.74, 6) is -0.276. The first-order valence-electron chi connectivity index (χ1n) is 5.05. The van der Waals surface area contributed by atoms with Crippen LogP contribution in [0.2, 0.25) is 5.15 Å². The number of ether oxygens (including phenoxy) is 1. The summed E-state index contributed by atoms with van der Waals surface area (Å²) in [4.78, 5) is 11.2. The highest BCUT2D eigenvalue weighted by molar-refractivity contribution is 7.10. The van der Waals surface area contributed by atoms with Crippen molar-refractivity contribution in [2.45, 2.75) is 26.3 Å². The van der Waals surface area contributed by atoms with E-state index in [1.54, 1.807) is 6.92 Å². The third-order valence-electron chi connectivity index (χ3n) is 1.92. The summed E-state index contributed by atoms with van der Waals surface area (Å²) < 4.78 is 8.69. The Morgan fingerprint density at radius 1 is 1.76 bits per heavy atom. The summed E-state index contributed by atoms with van der Waals surface area (Å²) in [6.07, 6.45) is 0.230. The first-order valence-corrected chi connectivity index (χ1v) is 6.21. The van der Waals surface area contributed by atoms with Crippen molar-refractivity contribution in [3.8, 4) is 6.07 Å². The van der Waals surface area contributed by atoms with Crippen molar-refractivity contribution in [1.29, 1.82) is 5.26 Å². The number of carbonyl (C=O) groups is 1. The summed E-state index contributed by atoms with van der Waals surface area (Å²) in [5.41, 5.74) is 0.312. The minimum atomic E-state index is -0.276. The highest BCUT2D eigenvalue weighted by atomic mass is 35.5. The van der Waals surface area contributed by atoms with E-state index in [-0.39, 0.29) is 23.6 Å². The van der Waals surface area contributed by atoms with Gasteiger partial charge in [-0.05, 0) is 25.4 Å². The molecular weight excluding hydrogens is 262 g/mol. The summed E-state index contributed by atoms with van der Waals surface area (Å²) >= 11 is 6.83. The fourth-order valence-electron chi connectivity index (χ4n) is 1.21. The monoisotopic (exact) mass is 273 g/mol. The fraction of sp³-hybridized carbons (Fsp3) is 0.500. The second kappa shape index (κ2) is 6.42. The molecule has 0 amide bonds. The van der Waals surface area contributed by atoms with Crippen LogP contribution in [0, 0.1) is 11.3 Å². The Morgan fingerprint density at radius 3 is 3.06 bits per heavy atom. The third-order valence-corrected chi connectivity index (χ3v) is 3.07. The molecule has 1 aromatic rings. The van der Waals surface area contributed by atoms with E-state index < -0.39 is 0 Å². The molecule has 7 heteroatoms. The Hall–Kier alpha value is -1.32. The SMILES string of the molecule is CCOC(=O)CC(C)Nc1snc(Cl)c1C#N. The van der Waals surface area contributed by atoms with Gasteiger partial charge in [0.05, 0.1) is 13.0 Å². The number of nitriles is 1. The molecule has 0 aliphatic rings. The average Bonchev–Trinajstić information content (AvgIpc) is 2.59. The largest absolute Gasteiger partial charge is 0.466 e. The molecule has 0 aliphatic carbocycles. The lowest BCUT2D eigenvalue weighted by atomic mass is 10.2. The first-order chi connectivity index (χ1) is 8.08. The van der Waals surface area contributed by atoms with Crippen molar-refractivity contribution in [3.63, 3.8) is 0 Å². The molecule has 0 fully saturated rings. The van der Waals surface area contributed by atoms with Crippen LogP contribution in [0.25, 0.3) is 0 Å². The van der Waals surface area contributed by atoms with Crippen LogP contribution < -0.4 is 5.32 Å². The van der Waals surface area contributed by atoms with Crippen LogP contribution in [0.3, 0.4) is 0 Å². The van der Waals surface area contributed by atoms with Gasteiger partial charge in [0, 0.05) is 6.04 Å². The zero-order valence-electron chi connectivity index (χ0n) is 9.49. The van der Waals surface area contributed by atoms with Gasteiger partial charge >= 0.3 is 5.97 Å². The Bertz CT molecular complexity index is 441. The quantitative estimate of drug-likeness (QED) is 0.834. The normalized spacial score (nSPS) is 11.6. The number of nitrogens with zero attached hydrogens (tertiary/aromatic N) is 2. The maximum Gasteiger partial charge on any atom is 0.307 e. The van der Waals surface area contributed by atoms with Gasteiger partial charge in [0.2, 0.25) is 0 Å². The van der Waals surface area contributed by atoms with Crippen LogP contribution in [0.1, 0.15) is 25.8 Å². The number of halogens is 1. The van der Waals surface area contributed by atoms with Crippen molar-refractivity contribution in [3.05, 3.63) is 10.7 Å². The molecule has 0 radical (unpaired) electrons. The molecule has 1 heterocycles. The van der Waals surface area contributed by atoms with E-state index in [1.807, 2.05) is 13.0 Å². The lowest BCUT2D eigenvalue weighted by molar-refractivity contribution is -0.143.